The van der Waals surface area contributed by atoms with Crippen molar-refractivity contribution in [3.63, 3.8) is 0 Å². The summed E-state index contributed by atoms with van der Waals surface area (Å²) >= 11 is 5.79. The van der Waals surface area contributed by atoms with Crippen molar-refractivity contribution in [1.29, 1.82) is 0 Å². The zero-order valence-electron chi connectivity index (χ0n) is 7.70. The highest BCUT2D eigenvalue weighted by Crippen LogP contribution is 2.14. The molecule has 0 fully saturated rings. The molecule has 1 N–H and O–H groups in total. The molecule has 0 atom stereocenters. The van der Waals surface area contributed by atoms with Crippen molar-refractivity contribution in [3.05, 3.63) is 41.6 Å². The molecule has 1 aromatic carbocycles. The molecule has 3 heteroatoms. The van der Waals surface area contributed by atoms with Gasteiger partial charge in [-0.05, 0) is 30.7 Å². The Labute approximate surface area is 88.3 Å². The average molecular weight is 207 g/mol. The van der Waals surface area contributed by atoms with Crippen LogP contribution in [0, 0.1) is 0 Å². The molecule has 0 aromatic heterocycles. The predicted molar refractivity (Wildman–Crippen MR) is 60.9 cm³/mol. The average Bonchev–Trinajstić information content (AvgIpc) is 2.23. The van der Waals surface area contributed by atoms with E-state index in [0.29, 0.717) is 0 Å². The molecule has 1 heterocycles. The summed E-state index contributed by atoms with van der Waals surface area (Å²) in [5, 5.41) is 4.00. The summed E-state index contributed by atoms with van der Waals surface area (Å²) in [5.41, 5.74) is 1.03. The molecule has 2 rings (SSSR count). The summed E-state index contributed by atoms with van der Waals surface area (Å²) in [5.74, 6) is 1.01. The van der Waals surface area contributed by atoms with E-state index in [1.54, 1.807) is 0 Å². The Morgan fingerprint density at radius 3 is 2.64 bits per heavy atom. The van der Waals surface area contributed by atoms with E-state index in [1.807, 2.05) is 30.5 Å². The number of hydrogen-bond donors (Lipinski definition) is 1. The molecule has 0 radical (unpaired) electrons. The van der Waals surface area contributed by atoms with Crippen molar-refractivity contribution in [2.45, 2.75) is 12.8 Å². The van der Waals surface area contributed by atoms with Gasteiger partial charge in [-0.1, -0.05) is 17.7 Å². The summed E-state index contributed by atoms with van der Waals surface area (Å²) in [6, 6.07) is 7.62. The Balaban J connectivity index is 2.07. The minimum Gasteiger partial charge on any atom is -0.344 e. The number of allylic oxidation sites excluding steroid dienone is 1. The first-order valence-electron chi connectivity index (χ1n) is 4.59. The van der Waals surface area contributed by atoms with Gasteiger partial charge in [-0.15, -0.1) is 0 Å². The molecule has 0 bridgehead atoms. The van der Waals surface area contributed by atoms with E-state index in [2.05, 4.69) is 16.4 Å². The van der Waals surface area contributed by atoms with E-state index in [9.17, 15) is 0 Å². The van der Waals surface area contributed by atoms with Crippen LogP contribution in [-0.2, 0) is 0 Å². The van der Waals surface area contributed by atoms with Crippen molar-refractivity contribution in [2.75, 3.05) is 5.32 Å². The van der Waals surface area contributed by atoms with Crippen molar-refractivity contribution in [3.8, 4) is 0 Å². The number of halogens is 1. The second-order valence-electron chi connectivity index (χ2n) is 3.13. The van der Waals surface area contributed by atoms with Gasteiger partial charge in [-0.3, -0.25) is 0 Å². The molecular formula is C11H11ClN2. The van der Waals surface area contributed by atoms with Gasteiger partial charge in [0, 0.05) is 23.3 Å². The van der Waals surface area contributed by atoms with Crippen LogP contribution in [0.5, 0.6) is 0 Å². The van der Waals surface area contributed by atoms with E-state index >= 15 is 0 Å². The lowest BCUT2D eigenvalue weighted by molar-refractivity contribution is 1.05. The molecular weight excluding hydrogens is 196 g/mol. The SMILES string of the molecule is Clc1ccc(NC2=NC=CCC2)cc1. The highest BCUT2D eigenvalue weighted by atomic mass is 35.5. The number of rotatable bonds is 1. The summed E-state index contributed by atoms with van der Waals surface area (Å²) in [7, 11) is 0. The van der Waals surface area contributed by atoms with Gasteiger partial charge in [0.1, 0.15) is 5.84 Å². The van der Waals surface area contributed by atoms with E-state index in [4.69, 9.17) is 11.6 Å². The summed E-state index contributed by atoms with van der Waals surface area (Å²) in [6.07, 6.45) is 5.92. The highest BCUT2D eigenvalue weighted by Gasteiger charge is 2.01. The molecule has 1 aliphatic heterocycles. The van der Waals surface area contributed by atoms with Crippen LogP contribution in [-0.4, -0.2) is 5.84 Å². The Kier molecular flexibility index (Phi) is 2.84. The van der Waals surface area contributed by atoms with Gasteiger partial charge >= 0.3 is 0 Å². The van der Waals surface area contributed by atoms with E-state index in [-0.39, 0.29) is 0 Å². The summed E-state index contributed by atoms with van der Waals surface area (Å²) < 4.78 is 0. The van der Waals surface area contributed by atoms with Crippen LogP contribution in [0.4, 0.5) is 5.69 Å². The zero-order valence-corrected chi connectivity index (χ0v) is 8.46. The number of aliphatic imine (C=N–C) groups is 1. The lowest BCUT2D eigenvalue weighted by Gasteiger charge is -2.10. The molecule has 1 aliphatic rings. The van der Waals surface area contributed by atoms with Crippen LogP contribution >= 0.6 is 11.6 Å². The van der Waals surface area contributed by atoms with Gasteiger partial charge in [0.25, 0.3) is 0 Å². The molecule has 1 aromatic rings. The van der Waals surface area contributed by atoms with Crippen LogP contribution < -0.4 is 5.32 Å². The molecule has 2 nitrogen and oxygen atoms in total. The molecule has 72 valence electrons. The summed E-state index contributed by atoms with van der Waals surface area (Å²) in [4.78, 5) is 4.24. The van der Waals surface area contributed by atoms with Crippen LogP contribution in [0.15, 0.2) is 41.5 Å². The molecule has 0 saturated carbocycles. The number of nitrogens with one attached hydrogen (secondary N) is 1. The van der Waals surface area contributed by atoms with E-state index in [0.717, 1.165) is 29.4 Å². The molecule has 0 aliphatic carbocycles. The quantitative estimate of drug-likeness (QED) is 0.748. The van der Waals surface area contributed by atoms with Crippen molar-refractivity contribution in [2.24, 2.45) is 4.99 Å². The Morgan fingerprint density at radius 1 is 1.21 bits per heavy atom. The van der Waals surface area contributed by atoms with Crippen LogP contribution in [0.25, 0.3) is 0 Å². The number of nitrogens with zero attached hydrogens (tertiary/aromatic N) is 1. The first-order chi connectivity index (χ1) is 6.84. The van der Waals surface area contributed by atoms with Gasteiger partial charge in [0.2, 0.25) is 0 Å². The minimum atomic E-state index is 0.751. The van der Waals surface area contributed by atoms with Gasteiger partial charge in [0.05, 0.1) is 0 Å². The maximum atomic E-state index is 5.79. The Morgan fingerprint density at radius 2 is 2.00 bits per heavy atom. The van der Waals surface area contributed by atoms with Crippen molar-refractivity contribution < 1.29 is 0 Å². The third-order valence-corrected chi connectivity index (χ3v) is 2.27. The fraction of sp³-hybridized carbons (Fsp3) is 0.182. The highest BCUT2D eigenvalue weighted by molar-refractivity contribution is 6.30. The predicted octanol–water partition coefficient (Wildman–Crippen LogP) is 3.46. The molecule has 0 amide bonds. The number of hydrogen-bond acceptors (Lipinski definition) is 2. The van der Waals surface area contributed by atoms with E-state index in [1.165, 1.54) is 0 Å². The second kappa shape index (κ2) is 4.29. The fourth-order valence-corrected chi connectivity index (χ4v) is 1.42. The third-order valence-electron chi connectivity index (χ3n) is 2.02. The third kappa shape index (κ3) is 2.36. The first kappa shape index (κ1) is 9.28. The number of amidine groups is 1. The maximum absolute atomic E-state index is 5.79. The topological polar surface area (TPSA) is 24.4 Å². The second-order valence-corrected chi connectivity index (χ2v) is 3.57. The maximum Gasteiger partial charge on any atom is 0.106 e. The number of anilines is 1. The van der Waals surface area contributed by atoms with Gasteiger partial charge in [-0.2, -0.15) is 0 Å². The van der Waals surface area contributed by atoms with E-state index < -0.39 is 0 Å². The van der Waals surface area contributed by atoms with Gasteiger partial charge < -0.3 is 5.32 Å². The molecule has 0 spiro atoms. The first-order valence-corrected chi connectivity index (χ1v) is 4.97. The standard InChI is InChI=1S/C11H11ClN2/c12-9-4-6-10(7-5-9)14-11-3-1-2-8-13-11/h2,4-8H,1,3H2,(H,13,14). The zero-order chi connectivity index (χ0) is 9.80. The fourth-order valence-electron chi connectivity index (χ4n) is 1.30. The molecule has 0 unspecified atom stereocenters. The molecule has 14 heavy (non-hydrogen) atoms. The Bertz CT molecular complexity index is 365. The largest absolute Gasteiger partial charge is 0.344 e. The normalized spacial score (nSPS) is 15.1. The lowest BCUT2D eigenvalue weighted by Crippen LogP contribution is -2.12. The number of benzene rings is 1. The van der Waals surface area contributed by atoms with Crippen molar-refractivity contribution in [1.82, 2.24) is 0 Å². The monoisotopic (exact) mass is 206 g/mol. The van der Waals surface area contributed by atoms with Crippen molar-refractivity contribution >= 4 is 23.1 Å². The molecule has 0 saturated heterocycles. The Hall–Kier alpha value is -1.28. The summed E-state index contributed by atoms with van der Waals surface area (Å²) in [6.45, 7) is 0. The van der Waals surface area contributed by atoms with Gasteiger partial charge in [0.15, 0.2) is 0 Å². The van der Waals surface area contributed by atoms with Crippen LogP contribution in [0.2, 0.25) is 5.02 Å². The lowest BCUT2D eigenvalue weighted by atomic mass is 10.2. The smallest absolute Gasteiger partial charge is 0.106 e. The van der Waals surface area contributed by atoms with Crippen LogP contribution in [0.3, 0.4) is 0 Å². The minimum absolute atomic E-state index is 0.751. The van der Waals surface area contributed by atoms with Gasteiger partial charge in [-0.25, -0.2) is 4.99 Å². The van der Waals surface area contributed by atoms with Crippen LogP contribution in [0.1, 0.15) is 12.8 Å².